The van der Waals surface area contributed by atoms with Crippen LogP contribution in [-0.4, -0.2) is 47.1 Å². The number of hydrogen-bond acceptors (Lipinski definition) is 4. The fourth-order valence-corrected chi connectivity index (χ4v) is 4.19. The van der Waals surface area contributed by atoms with E-state index >= 15 is 0 Å². The first-order valence-corrected chi connectivity index (χ1v) is 8.72. The summed E-state index contributed by atoms with van der Waals surface area (Å²) in [6.45, 7) is 9.05. The lowest BCUT2D eigenvalue weighted by Crippen LogP contribution is -2.47. The molecular weight excluding hydrogens is 285 g/mol. The summed E-state index contributed by atoms with van der Waals surface area (Å²) >= 11 is 2.06. The molecule has 1 fully saturated rings. The van der Waals surface area contributed by atoms with Gasteiger partial charge in [0.15, 0.2) is 0 Å². The molecule has 0 amide bonds. The van der Waals surface area contributed by atoms with Gasteiger partial charge >= 0.3 is 0 Å². The normalized spacial score (nSPS) is 26.5. The third-order valence-electron chi connectivity index (χ3n) is 4.49. The quantitative estimate of drug-likeness (QED) is 0.905. The molecule has 2 rings (SSSR count). The zero-order valence-corrected chi connectivity index (χ0v) is 14.2. The predicted octanol–water partition coefficient (Wildman–Crippen LogP) is 2.94. The number of rotatable bonds is 5. The van der Waals surface area contributed by atoms with Crippen LogP contribution in [0.4, 0.5) is 4.39 Å². The van der Waals surface area contributed by atoms with E-state index in [2.05, 4.69) is 47.7 Å². The first-order valence-electron chi connectivity index (χ1n) is 7.67. The molecule has 4 unspecified atom stereocenters. The lowest BCUT2D eigenvalue weighted by molar-refractivity contribution is 0.168. The summed E-state index contributed by atoms with van der Waals surface area (Å²) in [7, 11) is 1.95. The van der Waals surface area contributed by atoms with Gasteiger partial charge in [0.1, 0.15) is 5.82 Å². The molecule has 1 aliphatic heterocycles. The van der Waals surface area contributed by atoms with Gasteiger partial charge in [-0.15, -0.1) is 0 Å². The molecule has 0 spiro atoms. The van der Waals surface area contributed by atoms with Crippen LogP contribution in [0, 0.1) is 11.7 Å². The molecule has 0 radical (unpaired) electrons. The van der Waals surface area contributed by atoms with Crippen molar-refractivity contribution in [1.82, 2.24) is 15.2 Å². The van der Waals surface area contributed by atoms with Gasteiger partial charge in [0.2, 0.25) is 0 Å². The minimum absolute atomic E-state index is 0.155. The molecule has 1 aromatic heterocycles. The summed E-state index contributed by atoms with van der Waals surface area (Å²) in [6.07, 6.45) is 1.30. The summed E-state index contributed by atoms with van der Waals surface area (Å²) in [6, 6.07) is 4.03. The zero-order valence-electron chi connectivity index (χ0n) is 13.3. The number of hydrogen-bond donors (Lipinski definition) is 1. The molecule has 1 aliphatic rings. The summed E-state index contributed by atoms with van der Waals surface area (Å²) in [5.41, 5.74) is 0.915. The van der Waals surface area contributed by atoms with Crippen molar-refractivity contribution in [2.75, 3.05) is 25.9 Å². The Morgan fingerprint density at radius 2 is 2.24 bits per heavy atom. The average molecular weight is 311 g/mol. The maximum Gasteiger partial charge on any atom is 0.141 e. The number of pyridine rings is 1. The third kappa shape index (κ3) is 4.18. The molecule has 5 heteroatoms. The lowest BCUT2D eigenvalue weighted by Gasteiger charge is -2.40. The van der Waals surface area contributed by atoms with Crippen molar-refractivity contribution in [2.24, 2.45) is 5.92 Å². The van der Waals surface area contributed by atoms with Gasteiger partial charge in [-0.2, -0.15) is 11.8 Å². The Balaban J connectivity index is 2.02. The first-order chi connectivity index (χ1) is 10.0. The monoisotopic (exact) mass is 311 g/mol. The molecule has 0 aromatic carbocycles. The molecule has 2 heterocycles. The third-order valence-corrected chi connectivity index (χ3v) is 5.82. The minimum Gasteiger partial charge on any atom is -0.311 e. The second kappa shape index (κ2) is 7.56. The number of nitrogens with one attached hydrogen (secondary N) is 1. The molecule has 1 saturated heterocycles. The van der Waals surface area contributed by atoms with E-state index in [1.54, 1.807) is 6.07 Å². The van der Waals surface area contributed by atoms with E-state index in [1.807, 2.05) is 7.05 Å². The largest absolute Gasteiger partial charge is 0.311 e. The maximum absolute atomic E-state index is 13.0. The highest BCUT2D eigenvalue weighted by atomic mass is 32.2. The highest BCUT2D eigenvalue weighted by Crippen LogP contribution is 2.27. The number of aromatic nitrogens is 1. The van der Waals surface area contributed by atoms with E-state index in [1.165, 1.54) is 18.0 Å². The standard InChI is InChI=1S/C16H26FN3S/c1-11(10-20-7-8-21-13(3)12(20)2)16(18-4)15-6-5-14(17)9-19-15/h5-6,9,11-13,16,18H,7-8,10H2,1-4H3. The maximum atomic E-state index is 13.0. The SMILES string of the molecule is CNC(c1ccc(F)cn1)C(C)CN1CCSC(C)C1C. The fourth-order valence-electron chi connectivity index (χ4n) is 3.02. The molecular formula is C16H26FN3S. The van der Waals surface area contributed by atoms with E-state index < -0.39 is 0 Å². The Labute approximate surface area is 131 Å². The van der Waals surface area contributed by atoms with Crippen LogP contribution in [-0.2, 0) is 0 Å². The Bertz CT molecular complexity index is 440. The van der Waals surface area contributed by atoms with Gasteiger partial charge in [0.05, 0.1) is 17.9 Å². The van der Waals surface area contributed by atoms with Crippen molar-refractivity contribution in [3.63, 3.8) is 0 Å². The van der Waals surface area contributed by atoms with Crippen LogP contribution in [0.25, 0.3) is 0 Å². The second-order valence-corrected chi connectivity index (χ2v) is 7.44. The predicted molar refractivity (Wildman–Crippen MR) is 88.1 cm³/mol. The van der Waals surface area contributed by atoms with E-state index in [0.29, 0.717) is 17.2 Å². The van der Waals surface area contributed by atoms with Crippen LogP contribution in [0.15, 0.2) is 18.3 Å². The molecule has 4 atom stereocenters. The van der Waals surface area contributed by atoms with Crippen LogP contribution < -0.4 is 5.32 Å². The summed E-state index contributed by atoms with van der Waals surface area (Å²) < 4.78 is 13.0. The average Bonchev–Trinajstić information content (AvgIpc) is 2.47. The Morgan fingerprint density at radius 1 is 1.48 bits per heavy atom. The molecule has 3 nitrogen and oxygen atoms in total. The van der Waals surface area contributed by atoms with Crippen LogP contribution in [0.2, 0.25) is 0 Å². The van der Waals surface area contributed by atoms with E-state index in [-0.39, 0.29) is 11.9 Å². The molecule has 0 bridgehead atoms. The topological polar surface area (TPSA) is 28.2 Å². The van der Waals surface area contributed by atoms with Crippen LogP contribution >= 0.6 is 11.8 Å². The fraction of sp³-hybridized carbons (Fsp3) is 0.688. The highest BCUT2D eigenvalue weighted by molar-refractivity contribution is 8.00. The van der Waals surface area contributed by atoms with E-state index in [9.17, 15) is 4.39 Å². The van der Waals surface area contributed by atoms with E-state index in [0.717, 1.165) is 18.8 Å². The van der Waals surface area contributed by atoms with Crippen molar-refractivity contribution < 1.29 is 4.39 Å². The van der Waals surface area contributed by atoms with Crippen molar-refractivity contribution in [1.29, 1.82) is 0 Å². The Kier molecular flexibility index (Phi) is 6.02. The van der Waals surface area contributed by atoms with Crippen LogP contribution in [0.3, 0.4) is 0 Å². The number of halogens is 1. The second-order valence-electron chi connectivity index (χ2n) is 5.96. The molecule has 0 saturated carbocycles. The summed E-state index contributed by atoms with van der Waals surface area (Å²) in [5.74, 6) is 1.35. The van der Waals surface area contributed by atoms with Gasteiger partial charge in [0.25, 0.3) is 0 Å². The zero-order chi connectivity index (χ0) is 15.4. The Hall–Kier alpha value is -0.650. The summed E-state index contributed by atoms with van der Waals surface area (Å²) in [5, 5.41) is 4.02. The Morgan fingerprint density at radius 3 is 2.86 bits per heavy atom. The van der Waals surface area contributed by atoms with Crippen LogP contribution in [0.1, 0.15) is 32.5 Å². The molecule has 21 heavy (non-hydrogen) atoms. The van der Waals surface area contributed by atoms with Crippen molar-refractivity contribution >= 4 is 11.8 Å². The van der Waals surface area contributed by atoms with Crippen LogP contribution in [0.5, 0.6) is 0 Å². The van der Waals surface area contributed by atoms with Gasteiger partial charge < -0.3 is 5.32 Å². The van der Waals surface area contributed by atoms with Gasteiger partial charge in [-0.3, -0.25) is 9.88 Å². The van der Waals surface area contributed by atoms with Gasteiger partial charge in [-0.05, 0) is 32.0 Å². The summed E-state index contributed by atoms with van der Waals surface area (Å²) in [4.78, 5) is 6.81. The van der Waals surface area contributed by atoms with Crippen molar-refractivity contribution in [3.05, 3.63) is 29.8 Å². The smallest absolute Gasteiger partial charge is 0.141 e. The molecule has 1 N–H and O–H groups in total. The lowest BCUT2D eigenvalue weighted by atomic mass is 9.97. The minimum atomic E-state index is -0.281. The first kappa shape index (κ1) is 16.7. The van der Waals surface area contributed by atoms with Crippen molar-refractivity contribution in [2.45, 2.75) is 38.1 Å². The van der Waals surface area contributed by atoms with Gasteiger partial charge in [-0.1, -0.05) is 13.8 Å². The molecule has 0 aliphatic carbocycles. The van der Waals surface area contributed by atoms with Gasteiger partial charge in [-0.25, -0.2) is 4.39 Å². The van der Waals surface area contributed by atoms with E-state index in [4.69, 9.17) is 0 Å². The van der Waals surface area contributed by atoms with Gasteiger partial charge in [0, 0.05) is 30.1 Å². The molecule has 1 aromatic rings. The number of nitrogens with zero attached hydrogens (tertiary/aromatic N) is 2. The highest BCUT2D eigenvalue weighted by Gasteiger charge is 2.28. The number of thioether (sulfide) groups is 1. The molecule has 118 valence electrons. The van der Waals surface area contributed by atoms with Crippen molar-refractivity contribution in [3.8, 4) is 0 Å².